The lowest BCUT2D eigenvalue weighted by Gasteiger charge is -2.18. The quantitative estimate of drug-likeness (QED) is 0.786. The van der Waals surface area contributed by atoms with Crippen molar-refractivity contribution in [3.8, 4) is 0 Å². The number of rotatable bonds is 5. The SMILES string of the molecule is COC(=O)c1ccc(N(C)C)c(CCCN)c1. The first kappa shape index (κ1) is 13.5. The minimum Gasteiger partial charge on any atom is -0.465 e. The van der Waals surface area contributed by atoms with E-state index in [2.05, 4.69) is 0 Å². The van der Waals surface area contributed by atoms with Gasteiger partial charge in [0.15, 0.2) is 0 Å². The van der Waals surface area contributed by atoms with Crippen molar-refractivity contribution in [1.29, 1.82) is 0 Å². The molecule has 0 aliphatic rings. The normalized spacial score (nSPS) is 10.1. The van der Waals surface area contributed by atoms with Crippen LogP contribution in [-0.4, -0.2) is 33.7 Å². The topological polar surface area (TPSA) is 55.6 Å². The summed E-state index contributed by atoms with van der Waals surface area (Å²) in [5.41, 5.74) is 8.35. The number of methoxy groups -OCH3 is 1. The molecule has 4 nitrogen and oxygen atoms in total. The molecule has 2 N–H and O–H groups in total. The second kappa shape index (κ2) is 6.25. The van der Waals surface area contributed by atoms with Gasteiger partial charge in [0.25, 0.3) is 0 Å². The zero-order chi connectivity index (χ0) is 12.8. The first-order valence-corrected chi connectivity index (χ1v) is 5.68. The third-order valence-electron chi connectivity index (χ3n) is 2.63. The minimum atomic E-state index is -0.302. The highest BCUT2D eigenvalue weighted by Crippen LogP contribution is 2.22. The standard InChI is InChI=1S/C13H20N2O2/c1-15(2)12-7-6-11(13(16)17-3)9-10(12)5-4-8-14/h6-7,9H,4-5,8,14H2,1-3H3. The van der Waals surface area contributed by atoms with E-state index in [0.29, 0.717) is 12.1 Å². The molecule has 1 aromatic carbocycles. The highest BCUT2D eigenvalue weighted by Gasteiger charge is 2.10. The molecule has 0 aliphatic heterocycles. The zero-order valence-corrected chi connectivity index (χ0v) is 10.7. The third kappa shape index (κ3) is 3.46. The summed E-state index contributed by atoms with van der Waals surface area (Å²) in [6.07, 6.45) is 1.78. The molecule has 0 atom stereocenters. The molecule has 0 aromatic heterocycles. The summed E-state index contributed by atoms with van der Waals surface area (Å²) in [5.74, 6) is -0.302. The average Bonchev–Trinajstić information content (AvgIpc) is 2.34. The summed E-state index contributed by atoms with van der Waals surface area (Å²) in [5, 5.41) is 0. The Hall–Kier alpha value is -1.55. The number of anilines is 1. The Morgan fingerprint density at radius 2 is 2.12 bits per heavy atom. The monoisotopic (exact) mass is 236 g/mol. The van der Waals surface area contributed by atoms with Crippen molar-refractivity contribution in [3.05, 3.63) is 29.3 Å². The van der Waals surface area contributed by atoms with Crippen LogP contribution in [-0.2, 0) is 11.2 Å². The number of carbonyl (C=O) groups is 1. The number of hydrogen-bond acceptors (Lipinski definition) is 4. The summed E-state index contributed by atoms with van der Waals surface area (Å²) >= 11 is 0. The van der Waals surface area contributed by atoms with E-state index in [0.717, 1.165) is 24.1 Å². The molecular weight excluding hydrogens is 216 g/mol. The van der Waals surface area contributed by atoms with Gasteiger partial charge in [-0.05, 0) is 43.1 Å². The molecule has 0 heterocycles. The minimum absolute atomic E-state index is 0.302. The average molecular weight is 236 g/mol. The Morgan fingerprint density at radius 1 is 1.41 bits per heavy atom. The van der Waals surface area contributed by atoms with E-state index in [-0.39, 0.29) is 5.97 Å². The lowest BCUT2D eigenvalue weighted by molar-refractivity contribution is 0.0600. The van der Waals surface area contributed by atoms with E-state index in [1.165, 1.54) is 7.11 Å². The van der Waals surface area contributed by atoms with Crippen LogP contribution in [0, 0.1) is 0 Å². The van der Waals surface area contributed by atoms with Crippen molar-refractivity contribution in [2.24, 2.45) is 5.73 Å². The summed E-state index contributed by atoms with van der Waals surface area (Å²) < 4.78 is 4.72. The summed E-state index contributed by atoms with van der Waals surface area (Å²) in [4.78, 5) is 13.5. The maximum atomic E-state index is 11.5. The van der Waals surface area contributed by atoms with Gasteiger partial charge in [-0.15, -0.1) is 0 Å². The molecule has 1 aromatic rings. The Morgan fingerprint density at radius 3 is 2.65 bits per heavy atom. The van der Waals surface area contributed by atoms with Gasteiger partial charge in [-0.1, -0.05) is 0 Å². The molecule has 0 unspecified atom stereocenters. The van der Waals surface area contributed by atoms with Crippen LogP contribution in [0.15, 0.2) is 18.2 Å². The number of nitrogens with two attached hydrogens (primary N) is 1. The molecule has 0 fully saturated rings. The fourth-order valence-electron chi connectivity index (χ4n) is 1.76. The van der Waals surface area contributed by atoms with Gasteiger partial charge in [0.1, 0.15) is 0 Å². The molecule has 0 aliphatic carbocycles. The molecule has 0 radical (unpaired) electrons. The molecule has 17 heavy (non-hydrogen) atoms. The van der Waals surface area contributed by atoms with Crippen LogP contribution in [0.1, 0.15) is 22.3 Å². The van der Waals surface area contributed by atoms with E-state index in [1.54, 1.807) is 6.07 Å². The van der Waals surface area contributed by atoms with Gasteiger partial charge in [0, 0.05) is 19.8 Å². The molecule has 4 heteroatoms. The number of ether oxygens (including phenoxy) is 1. The van der Waals surface area contributed by atoms with E-state index >= 15 is 0 Å². The predicted octanol–water partition coefficient (Wildman–Crippen LogP) is 1.43. The Bertz CT molecular complexity index is 389. The maximum absolute atomic E-state index is 11.5. The predicted molar refractivity (Wildman–Crippen MR) is 69.5 cm³/mol. The number of esters is 1. The maximum Gasteiger partial charge on any atom is 0.337 e. The zero-order valence-electron chi connectivity index (χ0n) is 10.7. The molecular formula is C13H20N2O2. The van der Waals surface area contributed by atoms with Crippen LogP contribution in [0.4, 0.5) is 5.69 Å². The lowest BCUT2D eigenvalue weighted by atomic mass is 10.0. The largest absolute Gasteiger partial charge is 0.465 e. The highest BCUT2D eigenvalue weighted by molar-refractivity contribution is 5.90. The van der Waals surface area contributed by atoms with Gasteiger partial charge < -0.3 is 15.4 Å². The Labute approximate surface area is 102 Å². The first-order valence-electron chi connectivity index (χ1n) is 5.68. The Balaban J connectivity index is 3.05. The summed E-state index contributed by atoms with van der Waals surface area (Å²) in [7, 11) is 5.36. The van der Waals surface area contributed by atoms with Gasteiger partial charge in [0.05, 0.1) is 12.7 Å². The van der Waals surface area contributed by atoms with Gasteiger partial charge in [-0.2, -0.15) is 0 Å². The molecule has 1 rings (SSSR count). The number of hydrogen-bond donors (Lipinski definition) is 1. The fraction of sp³-hybridized carbons (Fsp3) is 0.462. The third-order valence-corrected chi connectivity index (χ3v) is 2.63. The molecule has 0 saturated carbocycles. The van der Waals surface area contributed by atoms with E-state index in [1.807, 2.05) is 31.1 Å². The second-order valence-corrected chi connectivity index (χ2v) is 4.12. The molecule has 0 bridgehead atoms. The van der Waals surface area contributed by atoms with Gasteiger partial charge >= 0.3 is 5.97 Å². The highest BCUT2D eigenvalue weighted by atomic mass is 16.5. The van der Waals surface area contributed by atoms with Crippen LogP contribution in [0.2, 0.25) is 0 Å². The van der Waals surface area contributed by atoms with Gasteiger partial charge in [0.2, 0.25) is 0 Å². The van der Waals surface area contributed by atoms with Crippen LogP contribution in [0.25, 0.3) is 0 Å². The number of aryl methyl sites for hydroxylation is 1. The molecule has 0 spiro atoms. The van der Waals surface area contributed by atoms with Crippen LogP contribution < -0.4 is 10.6 Å². The Kier molecular flexibility index (Phi) is 4.97. The van der Waals surface area contributed by atoms with Crippen LogP contribution in [0.5, 0.6) is 0 Å². The van der Waals surface area contributed by atoms with Crippen molar-refractivity contribution < 1.29 is 9.53 Å². The van der Waals surface area contributed by atoms with Crippen LogP contribution in [0.3, 0.4) is 0 Å². The van der Waals surface area contributed by atoms with Crippen LogP contribution >= 0.6 is 0 Å². The number of benzene rings is 1. The second-order valence-electron chi connectivity index (χ2n) is 4.12. The molecule has 0 amide bonds. The smallest absolute Gasteiger partial charge is 0.337 e. The number of nitrogens with zero attached hydrogens (tertiary/aromatic N) is 1. The van der Waals surface area contributed by atoms with E-state index in [4.69, 9.17) is 10.5 Å². The van der Waals surface area contributed by atoms with E-state index in [9.17, 15) is 4.79 Å². The van der Waals surface area contributed by atoms with Crippen molar-refractivity contribution in [1.82, 2.24) is 0 Å². The first-order chi connectivity index (χ1) is 8.10. The lowest BCUT2D eigenvalue weighted by Crippen LogP contribution is -2.13. The summed E-state index contributed by atoms with van der Waals surface area (Å²) in [6, 6.07) is 5.61. The van der Waals surface area contributed by atoms with Crippen molar-refractivity contribution in [2.45, 2.75) is 12.8 Å². The fourth-order valence-corrected chi connectivity index (χ4v) is 1.76. The summed E-state index contributed by atoms with van der Waals surface area (Å²) in [6.45, 7) is 0.648. The van der Waals surface area contributed by atoms with Crippen molar-refractivity contribution in [2.75, 3.05) is 32.6 Å². The number of carbonyl (C=O) groups excluding carboxylic acids is 1. The van der Waals surface area contributed by atoms with Gasteiger partial charge in [-0.25, -0.2) is 4.79 Å². The molecule has 94 valence electrons. The van der Waals surface area contributed by atoms with Crippen molar-refractivity contribution >= 4 is 11.7 Å². The van der Waals surface area contributed by atoms with Crippen molar-refractivity contribution in [3.63, 3.8) is 0 Å². The van der Waals surface area contributed by atoms with E-state index < -0.39 is 0 Å². The molecule has 0 saturated heterocycles. The van der Waals surface area contributed by atoms with Gasteiger partial charge in [-0.3, -0.25) is 0 Å².